The summed E-state index contributed by atoms with van der Waals surface area (Å²) in [4.78, 5) is 10.8. The van der Waals surface area contributed by atoms with Gasteiger partial charge in [-0.3, -0.25) is 4.21 Å². The molecule has 1 unspecified atom stereocenters. The van der Waals surface area contributed by atoms with Gasteiger partial charge in [-0.2, -0.15) is 0 Å². The topological polar surface area (TPSA) is 43.4 Å². The average molecular weight is 238 g/mol. The number of hydrogen-bond acceptors (Lipinski definition) is 3. The summed E-state index contributed by atoms with van der Waals surface area (Å²) in [6.45, 7) is 1.98. The molecule has 1 rings (SSSR count). The van der Waals surface area contributed by atoms with Gasteiger partial charge in [0, 0.05) is 11.5 Å². The summed E-state index contributed by atoms with van der Waals surface area (Å²) in [7, 11) is 0.105. The minimum absolute atomic E-state index is 0.412. The molecule has 0 radical (unpaired) electrons. The van der Waals surface area contributed by atoms with Gasteiger partial charge < -0.3 is 4.74 Å². The van der Waals surface area contributed by atoms with Crippen LogP contribution in [-0.4, -0.2) is 17.3 Å². The highest BCUT2D eigenvalue weighted by atomic mass is 32.2. The van der Waals surface area contributed by atoms with Gasteiger partial charge >= 0.3 is 5.97 Å². The Labute approximate surface area is 97.6 Å². The van der Waals surface area contributed by atoms with Gasteiger partial charge in [0.05, 0.1) is 23.7 Å². The predicted molar refractivity (Wildman–Crippen MR) is 64.2 cm³/mol. The Hall–Kier alpha value is -1.42. The van der Waals surface area contributed by atoms with Gasteiger partial charge in [0.2, 0.25) is 0 Å². The fourth-order valence-corrected chi connectivity index (χ4v) is 2.08. The summed E-state index contributed by atoms with van der Waals surface area (Å²) in [6.07, 6.45) is 1.19. The second kappa shape index (κ2) is 6.23. The Kier molecular flexibility index (Phi) is 4.92. The molecule has 0 fully saturated rings. The minimum atomic E-state index is -1.18. The van der Waals surface area contributed by atoms with Crippen LogP contribution in [-0.2, 0) is 26.1 Å². The SMILES string of the molecule is COC(=O)/C=C/S(=O)Cc1cccc(C)c1. The molecule has 0 saturated heterocycles. The van der Waals surface area contributed by atoms with Crippen molar-refractivity contribution < 1.29 is 13.7 Å². The number of rotatable bonds is 4. The number of aryl methyl sites for hydroxylation is 1. The van der Waals surface area contributed by atoms with Gasteiger partial charge in [-0.1, -0.05) is 29.8 Å². The molecule has 0 saturated carbocycles. The van der Waals surface area contributed by atoms with Crippen LogP contribution in [0.2, 0.25) is 0 Å². The van der Waals surface area contributed by atoms with Crippen molar-refractivity contribution in [3.63, 3.8) is 0 Å². The van der Waals surface area contributed by atoms with E-state index in [1.807, 2.05) is 31.2 Å². The first-order chi connectivity index (χ1) is 7.61. The zero-order valence-corrected chi connectivity index (χ0v) is 10.1. The van der Waals surface area contributed by atoms with Gasteiger partial charge in [-0.05, 0) is 12.5 Å². The van der Waals surface area contributed by atoms with Crippen LogP contribution in [0.4, 0.5) is 0 Å². The maximum Gasteiger partial charge on any atom is 0.331 e. The lowest BCUT2D eigenvalue weighted by molar-refractivity contribution is -0.134. The third kappa shape index (κ3) is 4.40. The molecule has 0 heterocycles. The monoisotopic (exact) mass is 238 g/mol. The van der Waals surface area contributed by atoms with Crippen LogP contribution in [0.25, 0.3) is 0 Å². The molecule has 0 aliphatic carbocycles. The van der Waals surface area contributed by atoms with E-state index in [1.165, 1.54) is 18.6 Å². The van der Waals surface area contributed by atoms with E-state index >= 15 is 0 Å². The molecule has 0 bridgehead atoms. The average Bonchev–Trinajstić information content (AvgIpc) is 2.26. The Bertz CT molecular complexity index is 424. The first kappa shape index (κ1) is 12.6. The van der Waals surface area contributed by atoms with Crippen molar-refractivity contribution in [1.29, 1.82) is 0 Å². The molecule has 16 heavy (non-hydrogen) atoms. The third-order valence-corrected chi connectivity index (χ3v) is 3.01. The molecule has 0 aliphatic heterocycles. The largest absolute Gasteiger partial charge is 0.466 e. The lowest BCUT2D eigenvalue weighted by Crippen LogP contribution is -1.97. The van der Waals surface area contributed by atoms with Crippen LogP contribution in [0, 0.1) is 6.92 Å². The van der Waals surface area contributed by atoms with Crippen LogP contribution in [0.1, 0.15) is 11.1 Å². The number of methoxy groups -OCH3 is 1. The van der Waals surface area contributed by atoms with Crippen molar-refractivity contribution in [3.8, 4) is 0 Å². The van der Waals surface area contributed by atoms with Gasteiger partial charge in [-0.25, -0.2) is 4.79 Å². The molecule has 1 aromatic carbocycles. The second-order valence-corrected chi connectivity index (χ2v) is 4.66. The normalized spacial score (nSPS) is 12.6. The van der Waals surface area contributed by atoms with Crippen molar-refractivity contribution in [2.45, 2.75) is 12.7 Å². The Morgan fingerprint density at radius 2 is 2.25 bits per heavy atom. The van der Waals surface area contributed by atoms with Gasteiger partial charge in [-0.15, -0.1) is 0 Å². The van der Waals surface area contributed by atoms with Gasteiger partial charge in [0.1, 0.15) is 0 Å². The van der Waals surface area contributed by atoms with E-state index in [9.17, 15) is 9.00 Å². The Balaban J connectivity index is 2.58. The van der Waals surface area contributed by atoms with Crippen molar-refractivity contribution in [3.05, 3.63) is 46.9 Å². The van der Waals surface area contributed by atoms with E-state index in [1.54, 1.807) is 0 Å². The number of esters is 1. The molecular formula is C12H14O3S. The molecule has 4 heteroatoms. The van der Waals surface area contributed by atoms with Crippen LogP contribution >= 0.6 is 0 Å². The summed E-state index contributed by atoms with van der Waals surface area (Å²) >= 11 is 0. The summed E-state index contributed by atoms with van der Waals surface area (Å²) in [5.41, 5.74) is 2.12. The first-order valence-corrected chi connectivity index (χ1v) is 6.19. The van der Waals surface area contributed by atoms with Crippen molar-refractivity contribution >= 4 is 16.8 Å². The highest BCUT2D eigenvalue weighted by Crippen LogP contribution is 2.07. The van der Waals surface area contributed by atoms with Crippen LogP contribution in [0.5, 0.6) is 0 Å². The molecule has 3 nitrogen and oxygen atoms in total. The second-order valence-electron chi connectivity index (χ2n) is 3.34. The maximum atomic E-state index is 11.6. The van der Waals surface area contributed by atoms with Gasteiger partial charge in [0.25, 0.3) is 0 Å². The van der Waals surface area contributed by atoms with Gasteiger partial charge in [0.15, 0.2) is 0 Å². The van der Waals surface area contributed by atoms with Crippen molar-refractivity contribution in [2.75, 3.05) is 7.11 Å². The molecular weight excluding hydrogens is 224 g/mol. The molecule has 0 aromatic heterocycles. The molecule has 0 N–H and O–H groups in total. The number of carbonyl (C=O) groups is 1. The quantitative estimate of drug-likeness (QED) is 0.594. The highest BCUT2D eigenvalue weighted by molar-refractivity contribution is 7.87. The Morgan fingerprint density at radius 1 is 1.50 bits per heavy atom. The van der Waals surface area contributed by atoms with Crippen molar-refractivity contribution in [2.24, 2.45) is 0 Å². The minimum Gasteiger partial charge on any atom is -0.466 e. The van der Waals surface area contributed by atoms with E-state index in [2.05, 4.69) is 4.74 Å². The van der Waals surface area contributed by atoms with Crippen LogP contribution in [0.3, 0.4) is 0 Å². The molecule has 86 valence electrons. The number of ether oxygens (including phenoxy) is 1. The summed E-state index contributed by atoms with van der Waals surface area (Å²) in [5, 5.41) is 1.36. The summed E-state index contributed by atoms with van der Waals surface area (Å²) < 4.78 is 16.0. The van der Waals surface area contributed by atoms with Crippen LogP contribution in [0.15, 0.2) is 35.7 Å². The Morgan fingerprint density at radius 3 is 2.88 bits per heavy atom. The van der Waals surface area contributed by atoms with E-state index in [4.69, 9.17) is 0 Å². The van der Waals surface area contributed by atoms with Crippen LogP contribution < -0.4 is 0 Å². The number of carbonyl (C=O) groups excluding carboxylic acids is 1. The summed E-state index contributed by atoms with van der Waals surface area (Å²) in [5.74, 6) is -0.0765. The fourth-order valence-electron chi connectivity index (χ4n) is 1.21. The molecule has 1 aromatic rings. The van der Waals surface area contributed by atoms with E-state index in [-0.39, 0.29) is 0 Å². The third-order valence-electron chi connectivity index (χ3n) is 1.95. The zero-order valence-electron chi connectivity index (χ0n) is 9.30. The summed E-state index contributed by atoms with van der Waals surface area (Å²) in [6, 6.07) is 7.80. The van der Waals surface area contributed by atoms with E-state index < -0.39 is 16.8 Å². The molecule has 0 spiro atoms. The van der Waals surface area contributed by atoms with Crippen molar-refractivity contribution in [1.82, 2.24) is 0 Å². The molecule has 1 atom stereocenters. The molecule has 0 amide bonds. The smallest absolute Gasteiger partial charge is 0.331 e. The zero-order chi connectivity index (χ0) is 12.0. The van der Waals surface area contributed by atoms with E-state index in [0.29, 0.717) is 5.75 Å². The maximum absolute atomic E-state index is 11.6. The fraction of sp³-hybridized carbons (Fsp3) is 0.250. The predicted octanol–water partition coefficient (Wildman–Crippen LogP) is 1.93. The lowest BCUT2D eigenvalue weighted by Gasteiger charge is -1.99. The highest BCUT2D eigenvalue weighted by Gasteiger charge is 1.99. The first-order valence-electron chi connectivity index (χ1n) is 4.80. The number of hydrogen-bond donors (Lipinski definition) is 0. The molecule has 0 aliphatic rings. The lowest BCUT2D eigenvalue weighted by atomic mass is 10.2. The number of benzene rings is 1. The standard InChI is InChI=1S/C12H14O3S/c1-10-4-3-5-11(8-10)9-16(14)7-6-12(13)15-2/h3-8H,9H2,1-2H3/b7-6+. The van der Waals surface area contributed by atoms with E-state index in [0.717, 1.165) is 11.1 Å².